The molecule has 0 bridgehead atoms. The highest BCUT2D eigenvalue weighted by molar-refractivity contribution is 7.99. The van der Waals surface area contributed by atoms with E-state index in [4.69, 9.17) is 0 Å². The maximum atomic E-state index is 12.0. The molecule has 2 heterocycles. The molecule has 5 nitrogen and oxygen atoms in total. The van der Waals surface area contributed by atoms with E-state index in [0.29, 0.717) is 5.39 Å². The summed E-state index contributed by atoms with van der Waals surface area (Å²) >= 11 is 2.07. The summed E-state index contributed by atoms with van der Waals surface area (Å²) in [6, 6.07) is 15.9. The number of halogens is 1. The Bertz CT molecular complexity index is 1000. The largest absolute Gasteiger partial charge is 0.385 e. The van der Waals surface area contributed by atoms with Gasteiger partial charge in [-0.3, -0.25) is 4.79 Å². The van der Waals surface area contributed by atoms with Crippen molar-refractivity contribution < 1.29 is 0 Å². The van der Waals surface area contributed by atoms with Crippen molar-refractivity contribution in [3.63, 3.8) is 0 Å². The van der Waals surface area contributed by atoms with Crippen LogP contribution in [0, 0.1) is 0 Å². The van der Waals surface area contributed by atoms with Crippen LogP contribution in [-0.4, -0.2) is 52.8 Å². The highest BCUT2D eigenvalue weighted by atomic mass is 35.5. The number of aromatic nitrogens is 2. The second-order valence-electron chi connectivity index (χ2n) is 7.47. The highest BCUT2D eigenvalue weighted by Crippen LogP contribution is 2.26. The zero-order chi connectivity index (χ0) is 19.9. The zero-order valence-electron chi connectivity index (χ0n) is 17.1. The Morgan fingerprint density at radius 2 is 1.80 bits per heavy atom. The van der Waals surface area contributed by atoms with E-state index in [9.17, 15) is 4.79 Å². The third-order valence-corrected chi connectivity index (χ3v) is 6.36. The number of rotatable bonds is 8. The molecule has 4 rings (SSSR count). The third-order valence-electron chi connectivity index (χ3n) is 5.42. The molecule has 2 aromatic carbocycles. The number of fused-ring (bicyclic) bond motifs is 1. The van der Waals surface area contributed by atoms with Gasteiger partial charge in [0.05, 0.1) is 11.1 Å². The van der Waals surface area contributed by atoms with Crippen LogP contribution in [0.3, 0.4) is 0 Å². The number of aromatic amines is 1. The maximum absolute atomic E-state index is 12.0. The lowest BCUT2D eigenvalue weighted by molar-refractivity contribution is 0.295. The molecule has 160 valence electrons. The molecule has 0 saturated carbocycles. The second-order valence-corrected chi connectivity index (χ2v) is 8.69. The van der Waals surface area contributed by atoms with Crippen LogP contribution >= 0.6 is 24.2 Å². The summed E-state index contributed by atoms with van der Waals surface area (Å²) < 4.78 is 0. The molecule has 0 atom stereocenters. The van der Waals surface area contributed by atoms with Crippen LogP contribution in [0.25, 0.3) is 22.0 Å². The summed E-state index contributed by atoms with van der Waals surface area (Å²) in [7, 11) is 0. The highest BCUT2D eigenvalue weighted by Gasteiger charge is 2.10. The van der Waals surface area contributed by atoms with Gasteiger partial charge in [-0.1, -0.05) is 36.8 Å². The quantitative estimate of drug-likeness (QED) is 0.495. The van der Waals surface area contributed by atoms with E-state index in [1.54, 1.807) is 0 Å². The Morgan fingerprint density at radius 3 is 2.63 bits per heavy atom. The van der Waals surface area contributed by atoms with E-state index in [0.717, 1.165) is 28.9 Å². The van der Waals surface area contributed by atoms with Gasteiger partial charge in [-0.05, 0) is 37.6 Å². The van der Waals surface area contributed by atoms with Crippen molar-refractivity contribution in [3.8, 4) is 11.3 Å². The van der Waals surface area contributed by atoms with Crippen LogP contribution in [0.4, 0.5) is 5.69 Å². The molecule has 7 heteroatoms. The molecule has 0 spiro atoms. The number of hydrogen-bond acceptors (Lipinski definition) is 5. The zero-order valence-corrected chi connectivity index (χ0v) is 18.7. The summed E-state index contributed by atoms with van der Waals surface area (Å²) in [6.45, 7) is 4.71. The number of thioether (sulfide) groups is 1. The number of H-pyrrole nitrogens is 1. The van der Waals surface area contributed by atoms with Crippen molar-refractivity contribution in [2.45, 2.75) is 19.3 Å². The summed E-state index contributed by atoms with van der Waals surface area (Å²) in [5, 5.41) is 12.0. The summed E-state index contributed by atoms with van der Waals surface area (Å²) in [5.74, 6) is 2.58. The maximum Gasteiger partial charge on any atom is 0.272 e. The first kappa shape index (κ1) is 22.7. The molecule has 1 fully saturated rings. The molecule has 1 aromatic heterocycles. The van der Waals surface area contributed by atoms with E-state index in [1.165, 1.54) is 50.4 Å². The van der Waals surface area contributed by atoms with Crippen LogP contribution in [0.1, 0.15) is 19.3 Å². The van der Waals surface area contributed by atoms with Gasteiger partial charge in [0.2, 0.25) is 0 Å². The fourth-order valence-electron chi connectivity index (χ4n) is 3.81. The van der Waals surface area contributed by atoms with E-state index >= 15 is 0 Å². The molecule has 1 saturated heterocycles. The van der Waals surface area contributed by atoms with E-state index < -0.39 is 0 Å². The molecule has 3 aromatic rings. The second kappa shape index (κ2) is 11.4. The molecule has 2 N–H and O–H groups in total. The molecule has 1 aliphatic heterocycles. The van der Waals surface area contributed by atoms with Gasteiger partial charge in [0.1, 0.15) is 0 Å². The number of nitrogens with one attached hydrogen (secondary N) is 2. The van der Waals surface area contributed by atoms with E-state index in [-0.39, 0.29) is 18.0 Å². The van der Waals surface area contributed by atoms with Gasteiger partial charge in [-0.15, -0.1) is 12.4 Å². The number of anilines is 1. The minimum absolute atomic E-state index is 0. The van der Waals surface area contributed by atoms with Crippen molar-refractivity contribution >= 4 is 40.6 Å². The first-order valence-electron chi connectivity index (χ1n) is 10.4. The van der Waals surface area contributed by atoms with Crippen LogP contribution in [0.5, 0.6) is 0 Å². The Morgan fingerprint density at radius 1 is 1.00 bits per heavy atom. The SMILES string of the molecule is Cl.O=c1[nH]nc(-c2cccc(NCCCCCN3CCSCC3)c2)c2ccccc12. The Kier molecular flexibility index (Phi) is 8.61. The van der Waals surface area contributed by atoms with Gasteiger partial charge in [-0.2, -0.15) is 16.9 Å². The molecule has 0 aliphatic carbocycles. The lowest BCUT2D eigenvalue weighted by Crippen LogP contribution is -2.33. The van der Waals surface area contributed by atoms with Gasteiger partial charge < -0.3 is 10.2 Å². The van der Waals surface area contributed by atoms with Crippen molar-refractivity contribution in [2.75, 3.05) is 43.0 Å². The lowest BCUT2D eigenvalue weighted by Gasteiger charge is -2.25. The van der Waals surface area contributed by atoms with Crippen molar-refractivity contribution in [2.24, 2.45) is 0 Å². The van der Waals surface area contributed by atoms with Gasteiger partial charge in [0.15, 0.2) is 0 Å². The van der Waals surface area contributed by atoms with Crippen LogP contribution in [0.2, 0.25) is 0 Å². The predicted molar refractivity (Wildman–Crippen MR) is 131 cm³/mol. The van der Waals surface area contributed by atoms with Gasteiger partial charge in [0, 0.05) is 47.8 Å². The van der Waals surface area contributed by atoms with Crippen molar-refractivity contribution in [1.29, 1.82) is 0 Å². The molecular formula is C23H29ClN4OS. The van der Waals surface area contributed by atoms with Crippen molar-refractivity contribution in [3.05, 3.63) is 58.9 Å². The van der Waals surface area contributed by atoms with E-state index in [2.05, 4.69) is 44.3 Å². The first-order valence-corrected chi connectivity index (χ1v) is 11.6. The molecular weight excluding hydrogens is 416 g/mol. The average Bonchev–Trinajstić information content (AvgIpc) is 2.77. The third kappa shape index (κ3) is 5.78. The topological polar surface area (TPSA) is 61.0 Å². The molecule has 0 radical (unpaired) electrons. The molecule has 30 heavy (non-hydrogen) atoms. The summed E-state index contributed by atoms with van der Waals surface area (Å²) in [5.41, 5.74) is 2.75. The predicted octanol–water partition coefficient (Wildman–Crippen LogP) is 4.64. The Labute approximate surface area is 188 Å². The minimum Gasteiger partial charge on any atom is -0.385 e. The molecule has 1 aliphatic rings. The lowest BCUT2D eigenvalue weighted by atomic mass is 10.0. The number of nitrogens with zero attached hydrogens (tertiary/aromatic N) is 2. The van der Waals surface area contributed by atoms with Gasteiger partial charge in [0.25, 0.3) is 5.56 Å². The van der Waals surface area contributed by atoms with E-state index in [1.807, 2.05) is 36.4 Å². The Hall–Kier alpha value is -2.02. The Balaban J connectivity index is 0.00000256. The number of hydrogen-bond donors (Lipinski definition) is 2. The van der Waals surface area contributed by atoms with Gasteiger partial charge >= 0.3 is 0 Å². The van der Waals surface area contributed by atoms with Gasteiger partial charge in [-0.25, -0.2) is 5.10 Å². The summed E-state index contributed by atoms with van der Waals surface area (Å²) in [6.07, 6.45) is 3.70. The van der Waals surface area contributed by atoms with Crippen LogP contribution in [-0.2, 0) is 0 Å². The first-order chi connectivity index (χ1) is 14.3. The number of unbranched alkanes of at least 4 members (excludes halogenated alkanes) is 2. The fraction of sp³-hybridized carbons (Fsp3) is 0.391. The monoisotopic (exact) mass is 444 g/mol. The smallest absolute Gasteiger partial charge is 0.272 e. The van der Waals surface area contributed by atoms with Crippen LogP contribution < -0.4 is 10.9 Å². The van der Waals surface area contributed by atoms with Crippen LogP contribution in [0.15, 0.2) is 53.3 Å². The molecule has 0 unspecified atom stereocenters. The summed E-state index contributed by atoms with van der Waals surface area (Å²) in [4.78, 5) is 14.6. The standard InChI is InChI=1S/C23H28N4OS.ClH/c28-23-21-10-3-2-9-20(21)22(25-26-23)18-7-6-8-19(17-18)24-11-4-1-5-12-27-13-15-29-16-14-27;/h2-3,6-10,17,24H,1,4-5,11-16H2,(H,26,28);1H. The normalized spacial score (nSPS) is 14.4. The average molecular weight is 445 g/mol. The minimum atomic E-state index is -0.151. The number of benzene rings is 2. The molecule has 0 amide bonds. The van der Waals surface area contributed by atoms with Crippen molar-refractivity contribution in [1.82, 2.24) is 15.1 Å². The fourth-order valence-corrected chi connectivity index (χ4v) is 4.78.